The molecule has 186 valence electrons. The Bertz CT molecular complexity index is 1090. The summed E-state index contributed by atoms with van der Waals surface area (Å²) >= 11 is 5.91. The molecule has 0 amide bonds. The van der Waals surface area contributed by atoms with E-state index >= 15 is 0 Å². The zero-order valence-electron chi connectivity index (χ0n) is 19.9. The van der Waals surface area contributed by atoms with E-state index in [1.54, 1.807) is 0 Å². The summed E-state index contributed by atoms with van der Waals surface area (Å²) in [5, 5.41) is 11.2. The maximum atomic E-state index is 13.6. The highest BCUT2D eigenvalue weighted by atomic mass is 35.5. The molecule has 0 radical (unpaired) electrons. The smallest absolute Gasteiger partial charge is 0.289 e. The fourth-order valence-corrected chi connectivity index (χ4v) is 5.51. The minimum absolute atomic E-state index is 0.00923. The van der Waals surface area contributed by atoms with Crippen LogP contribution in [0.2, 0.25) is 5.02 Å². The van der Waals surface area contributed by atoms with Crippen LogP contribution in [0.1, 0.15) is 38.3 Å². The third kappa shape index (κ3) is 6.76. The maximum absolute atomic E-state index is 13.6. The topological polar surface area (TPSA) is 93.0 Å². The van der Waals surface area contributed by atoms with Crippen LogP contribution in [0, 0.1) is 10.1 Å². The number of nitro benzene ring substituents is 1. The van der Waals surface area contributed by atoms with Gasteiger partial charge in [-0.2, -0.15) is 4.31 Å². The third-order valence-corrected chi connectivity index (χ3v) is 8.08. The lowest BCUT2D eigenvalue weighted by atomic mass is 9.87. The first-order chi connectivity index (χ1) is 16.0. The quantitative estimate of drug-likeness (QED) is 0.366. The van der Waals surface area contributed by atoms with Crippen molar-refractivity contribution >= 4 is 27.3 Å². The number of rotatable bonds is 9. The van der Waals surface area contributed by atoms with Gasteiger partial charge in [0.15, 0.2) is 0 Å². The molecule has 10 heteroatoms. The van der Waals surface area contributed by atoms with Crippen LogP contribution in [-0.2, 0) is 26.7 Å². The Balaban J connectivity index is 1.85. The van der Waals surface area contributed by atoms with Gasteiger partial charge in [0.2, 0.25) is 10.0 Å². The molecular formula is C24H32ClN3O5S. The van der Waals surface area contributed by atoms with Crippen LogP contribution in [-0.4, -0.2) is 61.9 Å². The van der Waals surface area contributed by atoms with Crippen LogP contribution in [0.4, 0.5) is 5.69 Å². The standard InChI is InChI=1S/C24H32ClN3O5S/c1-24(2,3)20-7-5-19(6-8-20)18-27(12-4-11-26-13-15-33-16-14-26)34(31,32)21-9-10-22(25)23(17-21)28(29)30/h5-10,17H,4,11-16,18H2,1-3H3. The average molecular weight is 510 g/mol. The number of halogens is 1. The van der Waals surface area contributed by atoms with Crippen molar-refractivity contribution in [2.24, 2.45) is 0 Å². The maximum Gasteiger partial charge on any atom is 0.289 e. The molecule has 0 saturated carbocycles. The lowest BCUT2D eigenvalue weighted by molar-refractivity contribution is -0.384. The molecule has 3 rings (SSSR count). The van der Waals surface area contributed by atoms with Gasteiger partial charge in [0.25, 0.3) is 5.69 Å². The summed E-state index contributed by atoms with van der Waals surface area (Å²) in [7, 11) is -3.99. The summed E-state index contributed by atoms with van der Waals surface area (Å²) in [6.45, 7) is 10.6. The first kappa shape index (κ1) is 26.6. The van der Waals surface area contributed by atoms with Crippen molar-refractivity contribution in [2.75, 3.05) is 39.4 Å². The summed E-state index contributed by atoms with van der Waals surface area (Å²) in [4.78, 5) is 12.8. The Morgan fingerprint density at radius 2 is 1.76 bits per heavy atom. The van der Waals surface area contributed by atoms with Gasteiger partial charge in [0.05, 0.1) is 23.0 Å². The number of hydrogen-bond donors (Lipinski definition) is 0. The SMILES string of the molecule is CC(C)(C)c1ccc(CN(CCCN2CCOCC2)S(=O)(=O)c2ccc(Cl)c([N+](=O)[O-])c2)cc1. The van der Waals surface area contributed by atoms with Crippen LogP contribution in [0.15, 0.2) is 47.4 Å². The Hall–Kier alpha value is -2.04. The predicted octanol–water partition coefficient (Wildman–Crippen LogP) is 4.46. The molecule has 1 aliphatic rings. The lowest BCUT2D eigenvalue weighted by Gasteiger charge is -2.28. The zero-order valence-corrected chi connectivity index (χ0v) is 21.4. The second-order valence-corrected chi connectivity index (χ2v) is 11.8. The molecule has 0 spiro atoms. The van der Waals surface area contributed by atoms with Crippen molar-refractivity contribution < 1.29 is 18.1 Å². The molecule has 1 heterocycles. The number of hydrogen-bond acceptors (Lipinski definition) is 6. The number of benzene rings is 2. The molecule has 0 N–H and O–H groups in total. The van der Waals surface area contributed by atoms with E-state index in [4.69, 9.17) is 16.3 Å². The highest BCUT2D eigenvalue weighted by Crippen LogP contribution is 2.29. The van der Waals surface area contributed by atoms with E-state index in [-0.39, 0.29) is 28.4 Å². The number of sulfonamides is 1. The summed E-state index contributed by atoms with van der Waals surface area (Å²) in [6, 6.07) is 11.5. The monoisotopic (exact) mass is 509 g/mol. The first-order valence-electron chi connectivity index (χ1n) is 11.3. The van der Waals surface area contributed by atoms with E-state index < -0.39 is 20.6 Å². The Labute approximate surface area is 206 Å². The highest BCUT2D eigenvalue weighted by molar-refractivity contribution is 7.89. The van der Waals surface area contributed by atoms with Gasteiger partial charge < -0.3 is 4.74 Å². The van der Waals surface area contributed by atoms with Crippen molar-refractivity contribution in [3.8, 4) is 0 Å². The van der Waals surface area contributed by atoms with Crippen molar-refractivity contribution in [2.45, 2.75) is 44.0 Å². The van der Waals surface area contributed by atoms with E-state index in [2.05, 4.69) is 25.7 Å². The summed E-state index contributed by atoms with van der Waals surface area (Å²) in [5.74, 6) is 0. The molecule has 1 fully saturated rings. The molecule has 2 aromatic rings. The lowest BCUT2D eigenvalue weighted by Crippen LogP contribution is -2.39. The van der Waals surface area contributed by atoms with Gasteiger partial charge in [-0.15, -0.1) is 0 Å². The second-order valence-electron chi connectivity index (χ2n) is 9.46. The summed E-state index contributed by atoms with van der Waals surface area (Å²) < 4.78 is 33.9. The van der Waals surface area contributed by atoms with Gasteiger partial charge >= 0.3 is 0 Å². The Morgan fingerprint density at radius 1 is 1.12 bits per heavy atom. The fraction of sp³-hybridized carbons (Fsp3) is 0.500. The summed E-state index contributed by atoms with van der Waals surface area (Å²) in [6.07, 6.45) is 0.634. The fourth-order valence-electron chi connectivity index (χ4n) is 3.84. The number of nitro groups is 1. The molecule has 0 unspecified atom stereocenters. The summed E-state index contributed by atoms with van der Waals surface area (Å²) in [5.41, 5.74) is 1.58. The Morgan fingerprint density at radius 3 is 2.35 bits per heavy atom. The normalized spacial score (nSPS) is 15.6. The van der Waals surface area contributed by atoms with Gasteiger partial charge in [-0.05, 0) is 41.6 Å². The molecule has 8 nitrogen and oxygen atoms in total. The van der Waals surface area contributed by atoms with Gasteiger partial charge in [-0.3, -0.25) is 15.0 Å². The van der Waals surface area contributed by atoms with Crippen molar-refractivity contribution in [1.82, 2.24) is 9.21 Å². The largest absolute Gasteiger partial charge is 0.379 e. The third-order valence-electron chi connectivity index (χ3n) is 5.92. The molecule has 1 aliphatic heterocycles. The van der Waals surface area contributed by atoms with Crippen molar-refractivity contribution in [3.05, 3.63) is 68.7 Å². The van der Waals surface area contributed by atoms with E-state index in [1.807, 2.05) is 24.3 Å². The van der Waals surface area contributed by atoms with Gasteiger partial charge in [-0.25, -0.2) is 8.42 Å². The van der Waals surface area contributed by atoms with E-state index in [0.717, 1.165) is 36.8 Å². The van der Waals surface area contributed by atoms with E-state index in [9.17, 15) is 18.5 Å². The molecular weight excluding hydrogens is 478 g/mol. The number of morpholine rings is 1. The van der Waals surface area contributed by atoms with Gasteiger partial charge in [0, 0.05) is 32.2 Å². The molecule has 1 saturated heterocycles. The van der Waals surface area contributed by atoms with Gasteiger partial charge in [0.1, 0.15) is 5.02 Å². The van der Waals surface area contributed by atoms with Crippen LogP contribution < -0.4 is 0 Å². The van der Waals surface area contributed by atoms with Crippen LogP contribution >= 0.6 is 11.6 Å². The second kappa shape index (κ2) is 11.1. The Kier molecular flexibility index (Phi) is 8.70. The van der Waals surface area contributed by atoms with Crippen LogP contribution in [0.25, 0.3) is 0 Å². The minimum atomic E-state index is -3.99. The molecule has 0 bridgehead atoms. The molecule has 34 heavy (non-hydrogen) atoms. The van der Waals surface area contributed by atoms with Crippen molar-refractivity contribution in [3.63, 3.8) is 0 Å². The zero-order chi connectivity index (χ0) is 24.9. The first-order valence-corrected chi connectivity index (χ1v) is 13.1. The molecule has 0 aromatic heterocycles. The average Bonchev–Trinajstić information content (AvgIpc) is 2.79. The van der Waals surface area contributed by atoms with Crippen LogP contribution in [0.3, 0.4) is 0 Å². The molecule has 0 aliphatic carbocycles. The van der Waals surface area contributed by atoms with Crippen LogP contribution in [0.5, 0.6) is 0 Å². The highest BCUT2D eigenvalue weighted by Gasteiger charge is 2.28. The predicted molar refractivity (Wildman–Crippen MR) is 133 cm³/mol. The van der Waals surface area contributed by atoms with E-state index in [1.165, 1.54) is 16.4 Å². The van der Waals surface area contributed by atoms with E-state index in [0.29, 0.717) is 19.6 Å². The number of ether oxygens (including phenoxy) is 1. The molecule has 0 atom stereocenters. The van der Waals surface area contributed by atoms with Gasteiger partial charge in [-0.1, -0.05) is 56.6 Å². The minimum Gasteiger partial charge on any atom is -0.379 e. The number of nitrogens with zero attached hydrogens (tertiary/aromatic N) is 3. The van der Waals surface area contributed by atoms with Crippen molar-refractivity contribution in [1.29, 1.82) is 0 Å². The molecule has 2 aromatic carbocycles.